The Balaban J connectivity index is 0.888. The van der Waals surface area contributed by atoms with Crippen molar-refractivity contribution in [3.63, 3.8) is 0 Å². The zero-order valence-electron chi connectivity index (χ0n) is 34.3. The fourth-order valence-electron chi connectivity index (χ4n) is 9.06. The van der Waals surface area contributed by atoms with Crippen LogP contribution in [0.3, 0.4) is 0 Å². The van der Waals surface area contributed by atoms with Gasteiger partial charge in [-0.25, -0.2) is 23.9 Å². The highest BCUT2D eigenvalue weighted by Gasteiger charge is 2.57. The molecule has 14 nitrogen and oxygen atoms in total. The molecule has 4 fully saturated rings. The van der Waals surface area contributed by atoms with E-state index in [9.17, 15) is 23.6 Å². The molecule has 314 valence electrons. The van der Waals surface area contributed by atoms with E-state index in [1.54, 1.807) is 17.2 Å². The van der Waals surface area contributed by atoms with E-state index in [0.717, 1.165) is 71.3 Å². The van der Waals surface area contributed by atoms with Crippen molar-refractivity contribution in [2.75, 3.05) is 20.8 Å². The molecule has 15 heteroatoms. The van der Waals surface area contributed by atoms with Gasteiger partial charge in [0.05, 0.1) is 49.2 Å². The number of alkyl carbamates (subject to hydrolysis) is 2. The molecule has 4 aliphatic rings. The van der Waals surface area contributed by atoms with Crippen LogP contribution >= 0.6 is 0 Å². The summed E-state index contributed by atoms with van der Waals surface area (Å²) in [7, 11) is 2.51. The van der Waals surface area contributed by atoms with E-state index < -0.39 is 30.1 Å². The molecule has 4 heterocycles. The molecule has 2 aliphatic heterocycles. The molecular formula is C46H47FN8O6. The standard InChI is InChI=1S/C46H47FN8O6/c1-25(2)38(52-44(58)60-3)42(56)54-24-46(16-17-46)22-37(54)41-49-32-15-12-27(18-33(32)50-41)9-8-26-10-13-28(14-11-26)34-23-48-40(51-34)36-21-30-20-35(30)55(36)43(57)39(53-45(59)61-4)29-6-5-7-31(47)19-29/h5-7,10-15,18-19,23,25,30,35-39H,16-17,20-22,24H2,1-4H3,(H,48,51)(H,49,50)(H,52,58)(H,53,59)/t30-,35-,36+,37+,38+,39-/m1/s1. The van der Waals surface area contributed by atoms with Crippen molar-refractivity contribution in [1.82, 2.24) is 40.4 Å². The number of rotatable bonds is 9. The number of piperidine rings is 1. The van der Waals surface area contributed by atoms with E-state index >= 15 is 0 Å². The van der Waals surface area contributed by atoms with Crippen LogP contribution < -0.4 is 10.6 Å². The molecule has 2 saturated carbocycles. The molecule has 2 aliphatic carbocycles. The van der Waals surface area contributed by atoms with Gasteiger partial charge < -0.3 is 39.9 Å². The molecule has 0 unspecified atom stereocenters. The Hall–Kier alpha value is -6.69. The number of H-pyrrole nitrogens is 2. The van der Waals surface area contributed by atoms with Crippen molar-refractivity contribution in [2.24, 2.45) is 17.3 Å². The summed E-state index contributed by atoms with van der Waals surface area (Å²) in [5.74, 6) is 7.11. The van der Waals surface area contributed by atoms with Gasteiger partial charge in [0, 0.05) is 23.7 Å². The van der Waals surface area contributed by atoms with Crippen LogP contribution in [0.1, 0.15) is 92.4 Å². The monoisotopic (exact) mass is 826 g/mol. The first-order valence-corrected chi connectivity index (χ1v) is 20.7. The summed E-state index contributed by atoms with van der Waals surface area (Å²) >= 11 is 0. The minimum absolute atomic E-state index is 0.0134. The number of benzene rings is 3. The number of fused-ring (bicyclic) bond motifs is 2. The number of ether oxygens (including phenoxy) is 2. The van der Waals surface area contributed by atoms with Crippen LogP contribution in [-0.2, 0) is 19.1 Å². The van der Waals surface area contributed by atoms with Crippen molar-refractivity contribution in [3.05, 3.63) is 107 Å². The van der Waals surface area contributed by atoms with Crippen LogP contribution in [-0.4, -0.2) is 86.6 Å². The Bertz CT molecular complexity index is 2590. The number of carbonyl (C=O) groups is 4. The number of aromatic nitrogens is 4. The number of hydrogen-bond donors (Lipinski definition) is 4. The first-order valence-electron chi connectivity index (χ1n) is 20.7. The van der Waals surface area contributed by atoms with Crippen LogP contribution in [0.25, 0.3) is 22.3 Å². The third-order valence-electron chi connectivity index (χ3n) is 12.6. The van der Waals surface area contributed by atoms with E-state index in [-0.39, 0.29) is 41.3 Å². The second kappa shape index (κ2) is 15.7. The molecule has 5 aromatic rings. The normalized spacial score (nSPS) is 21.7. The predicted molar refractivity (Wildman–Crippen MR) is 222 cm³/mol. The zero-order valence-corrected chi connectivity index (χ0v) is 34.3. The summed E-state index contributed by atoms with van der Waals surface area (Å²) in [5.41, 5.74) is 5.34. The number of nitrogens with zero attached hydrogens (tertiary/aromatic N) is 4. The van der Waals surface area contributed by atoms with Crippen LogP contribution in [0.15, 0.2) is 72.9 Å². The molecule has 0 bridgehead atoms. The van der Waals surface area contributed by atoms with Crippen LogP contribution in [0, 0.1) is 34.9 Å². The van der Waals surface area contributed by atoms with E-state index in [4.69, 9.17) is 14.5 Å². The maximum Gasteiger partial charge on any atom is 0.407 e. The lowest BCUT2D eigenvalue weighted by Crippen LogP contribution is -2.51. The Morgan fingerprint density at radius 3 is 2.33 bits per heavy atom. The highest BCUT2D eigenvalue weighted by Crippen LogP contribution is 2.58. The van der Waals surface area contributed by atoms with Gasteiger partial charge in [0.15, 0.2) is 0 Å². The summed E-state index contributed by atoms with van der Waals surface area (Å²) in [6.45, 7) is 4.45. The number of carbonyl (C=O) groups excluding carboxylic acids is 4. The SMILES string of the molecule is COC(=O)N[C@H](C(=O)N1CC2(CC2)C[C@H]1c1nc2ccc(C#Cc3ccc(-c4cnc([C@@H]5C[C@H]6C[C@H]6N5C(=O)[C@H](NC(=O)OC)c5cccc(F)c5)[nH]4)cc3)cc2[nH]1)C(C)C. The first-order chi connectivity index (χ1) is 29.4. The lowest BCUT2D eigenvalue weighted by atomic mass is 10.0. The fourth-order valence-corrected chi connectivity index (χ4v) is 9.06. The van der Waals surface area contributed by atoms with Gasteiger partial charge in [0.1, 0.15) is 29.5 Å². The number of methoxy groups -OCH3 is 2. The van der Waals surface area contributed by atoms with Crippen molar-refractivity contribution < 1.29 is 33.0 Å². The average molecular weight is 827 g/mol. The summed E-state index contributed by atoms with van der Waals surface area (Å²) in [6, 6.07) is 16.9. The lowest BCUT2D eigenvalue weighted by Gasteiger charge is -2.30. The first kappa shape index (κ1) is 39.8. The average Bonchev–Trinajstić information content (AvgIpc) is 3.88. The number of aromatic amines is 2. The maximum absolute atomic E-state index is 14.2. The summed E-state index contributed by atoms with van der Waals surface area (Å²) in [4.78, 5) is 72.5. The smallest absolute Gasteiger partial charge is 0.407 e. The minimum Gasteiger partial charge on any atom is -0.453 e. The van der Waals surface area contributed by atoms with Gasteiger partial charge in [-0.05, 0) is 103 Å². The summed E-state index contributed by atoms with van der Waals surface area (Å²) in [6.07, 6.45) is 4.88. The van der Waals surface area contributed by atoms with Crippen molar-refractivity contribution in [2.45, 2.75) is 76.2 Å². The number of hydrogen-bond acceptors (Lipinski definition) is 8. The number of imidazole rings is 2. The third kappa shape index (κ3) is 7.90. The lowest BCUT2D eigenvalue weighted by molar-refractivity contribution is -0.136. The predicted octanol–water partition coefficient (Wildman–Crippen LogP) is 6.69. The largest absolute Gasteiger partial charge is 0.453 e. The number of nitrogens with one attached hydrogen (secondary N) is 4. The topological polar surface area (TPSA) is 175 Å². The minimum atomic E-state index is -1.12. The second-order valence-electron chi connectivity index (χ2n) is 17.1. The van der Waals surface area contributed by atoms with Gasteiger partial charge in [-0.2, -0.15) is 0 Å². The van der Waals surface area contributed by atoms with Crippen molar-refractivity contribution in [1.29, 1.82) is 0 Å². The van der Waals surface area contributed by atoms with E-state index in [0.29, 0.717) is 23.9 Å². The molecule has 1 spiro atoms. The van der Waals surface area contributed by atoms with Gasteiger partial charge in [-0.15, -0.1) is 0 Å². The Kier molecular flexibility index (Phi) is 10.2. The third-order valence-corrected chi connectivity index (χ3v) is 12.6. The van der Waals surface area contributed by atoms with E-state index in [2.05, 4.69) is 37.4 Å². The van der Waals surface area contributed by atoms with Gasteiger partial charge in [-0.1, -0.05) is 50.0 Å². The van der Waals surface area contributed by atoms with Crippen molar-refractivity contribution >= 4 is 35.0 Å². The summed E-state index contributed by atoms with van der Waals surface area (Å²) in [5, 5.41) is 5.34. The second-order valence-corrected chi connectivity index (χ2v) is 17.1. The molecule has 61 heavy (non-hydrogen) atoms. The Labute approximate surface area is 352 Å². The quantitative estimate of drug-likeness (QED) is 0.119. The Morgan fingerprint density at radius 2 is 1.61 bits per heavy atom. The van der Waals surface area contributed by atoms with Crippen LogP contribution in [0.5, 0.6) is 0 Å². The number of amides is 4. The molecule has 0 radical (unpaired) electrons. The van der Waals surface area contributed by atoms with E-state index in [1.165, 1.54) is 32.4 Å². The molecule has 2 aromatic heterocycles. The molecular weight excluding hydrogens is 780 g/mol. The van der Waals surface area contributed by atoms with Gasteiger partial charge in [0.2, 0.25) is 5.91 Å². The molecule has 6 atom stereocenters. The highest BCUT2D eigenvalue weighted by molar-refractivity contribution is 5.88. The highest BCUT2D eigenvalue weighted by atomic mass is 19.1. The molecule has 4 amide bonds. The fraction of sp³-hybridized carbons (Fsp3) is 0.391. The Morgan fingerprint density at radius 1 is 0.869 bits per heavy atom. The van der Waals surface area contributed by atoms with Gasteiger partial charge >= 0.3 is 12.2 Å². The molecule has 2 saturated heterocycles. The summed E-state index contributed by atoms with van der Waals surface area (Å²) < 4.78 is 23.8. The van der Waals surface area contributed by atoms with Crippen LogP contribution in [0.4, 0.5) is 14.0 Å². The molecule has 9 rings (SSSR count). The zero-order chi connectivity index (χ0) is 42.6. The number of likely N-dealkylation sites (tertiary alicyclic amines) is 2. The maximum atomic E-state index is 14.2. The molecule has 4 N–H and O–H groups in total. The van der Waals surface area contributed by atoms with Gasteiger partial charge in [0.25, 0.3) is 5.91 Å². The van der Waals surface area contributed by atoms with Crippen molar-refractivity contribution in [3.8, 4) is 23.1 Å². The van der Waals surface area contributed by atoms with Crippen LogP contribution in [0.2, 0.25) is 0 Å². The molecule has 3 aromatic carbocycles. The van der Waals surface area contributed by atoms with Gasteiger partial charge in [-0.3, -0.25) is 9.59 Å². The number of halogens is 1. The van der Waals surface area contributed by atoms with E-state index in [1.807, 2.05) is 61.2 Å².